The highest BCUT2D eigenvalue weighted by molar-refractivity contribution is 5.95. The fourth-order valence-corrected chi connectivity index (χ4v) is 2.72. The van der Waals surface area contributed by atoms with E-state index < -0.39 is 5.97 Å². The summed E-state index contributed by atoms with van der Waals surface area (Å²) < 4.78 is 11.4. The van der Waals surface area contributed by atoms with Crippen molar-refractivity contribution in [2.45, 2.75) is 19.8 Å². The predicted molar refractivity (Wildman–Crippen MR) is 91.9 cm³/mol. The second-order valence-corrected chi connectivity index (χ2v) is 5.65. The van der Waals surface area contributed by atoms with Gasteiger partial charge in [-0.15, -0.1) is 0 Å². The summed E-state index contributed by atoms with van der Waals surface area (Å²) >= 11 is 0. The van der Waals surface area contributed by atoms with Gasteiger partial charge in [-0.1, -0.05) is 12.1 Å². The Balaban J connectivity index is 1.97. The minimum Gasteiger partial charge on any atom is -0.489 e. The van der Waals surface area contributed by atoms with Gasteiger partial charge in [0.15, 0.2) is 17.5 Å². The first-order valence-corrected chi connectivity index (χ1v) is 7.73. The maximum atomic E-state index is 12.6. The minimum absolute atomic E-state index is 0.148. The Morgan fingerprint density at radius 2 is 2.12 bits per heavy atom. The predicted octanol–water partition coefficient (Wildman–Crippen LogP) is 2.84. The molecule has 2 aromatic rings. The van der Waals surface area contributed by atoms with E-state index in [1.165, 1.54) is 0 Å². The van der Waals surface area contributed by atoms with Crippen molar-refractivity contribution in [1.29, 1.82) is 5.41 Å². The molecule has 0 aliphatic carbocycles. The van der Waals surface area contributed by atoms with Crippen molar-refractivity contribution in [2.75, 3.05) is 11.9 Å². The molecule has 0 radical (unpaired) electrons. The number of benzene rings is 2. The highest BCUT2D eigenvalue weighted by atomic mass is 16.6. The number of hydrogen-bond donors (Lipinski definition) is 3. The molecule has 6 nitrogen and oxygen atoms in total. The second-order valence-electron chi connectivity index (χ2n) is 5.65. The summed E-state index contributed by atoms with van der Waals surface area (Å²) in [7, 11) is 0. The van der Waals surface area contributed by atoms with E-state index >= 15 is 0 Å². The summed E-state index contributed by atoms with van der Waals surface area (Å²) in [5.41, 5.74) is 8.31. The van der Waals surface area contributed by atoms with Crippen molar-refractivity contribution in [3.63, 3.8) is 0 Å². The van der Waals surface area contributed by atoms with Gasteiger partial charge in [0.1, 0.15) is 0 Å². The molecule has 0 saturated carbocycles. The van der Waals surface area contributed by atoms with Crippen LogP contribution in [0, 0.1) is 12.3 Å². The number of ether oxygens (including phenoxy) is 2. The van der Waals surface area contributed by atoms with Crippen molar-refractivity contribution < 1.29 is 14.3 Å². The Labute approximate surface area is 140 Å². The third kappa shape index (κ3) is 3.32. The molecule has 6 heteroatoms. The molecular formula is C18H19N3O3. The number of aryl methyl sites for hydroxylation is 2. The quantitative estimate of drug-likeness (QED) is 0.324. The van der Waals surface area contributed by atoms with Gasteiger partial charge in [0.2, 0.25) is 0 Å². The summed E-state index contributed by atoms with van der Waals surface area (Å²) in [6.45, 7) is 2.45. The molecular weight excluding hydrogens is 306 g/mol. The molecule has 1 heterocycles. The van der Waals surface area contributed by atoms with Gasteiger partial charge in [-0.2, -0.15) is 0 Å². The molecule has 1 aliphatic heterocycles. The number of anilines is 1. The normalized spacial score (nSPS) is 13.8. The largest absolute Gasteiger partial charge is 0.489 e. The standard InChI is InChI=1S/C18H19N3O3/c1-11-4-2-6-15-16(11)23-9-3-5-12-10-13(21-18(19)20)7-8-14(12)17(22)24-15/h2,4,6-8,10H,3,5,9H2,1H3,(H4,19,20,21). The van der Waals surface area contributed by atoms with Gasteiger partial charge < -0.3 is 20.5 Å². The van der Waals surface area contributed by atoms with Crippen LogP contribution in [-0.2, 0) is 6.42 Å². The lowest BCUT2D eigenvalue weighted by atomic mass is 10.0. The third-order valence-corrected chi connectivity index (χ3v) is 3.82. The van der Waals surface area contributed by atoms with Crippen LogP contribution < -0.4 is 20.5 Å². The fraction of sp³-hybridized carbons (Fsp3) is 0.222. The molecule has 0 amide bonds. The molecule has 1 aliphatic rings. The van der Waals surface area contributed by atoms with Crippen molar-refractivity contribution >= 4 is 17.6 Å². The van der Waals surface area contributed by atoms with Gasteiger partial charge in [-0.25, -0.2) is 4.79 Å². The van der Waals surface area contributed by atoms with Crippen LogP contribution in [0.3, 0.4) is 0 Å². The molecule has 4 N–H and O–H groups in total. The lowest BCUT2D eigenvalue weighted by molar-refractivity contribution is 0.0724. The van der Waals surface area contributed by atoms with Crippen LogP contribution in [0.2, 0.25) is 0 Å². The summed E-state index contributed by atoms with van der Waals surface area (Å²) in [5.74, 6) is 0.477. The smallest absolute Gasteiger partial charge is 0.343 e. The lowest BCUT2D eigenvalue weighted by Crippen LogP contribution is -2.21. The third-order valence-electron chi connectivity index (χ3n) is 3.82. The highest BCUT2D eigenvalue weighted by Crippen LogP contribution is 2.33. The molecule has 2 aromatic carbocycles. The molecule has 3 rings (SSSR count). The van der Waals surface area contributed by atoms with Gasteiger partial charge in [0, 0.05) is 5.69 Å². The monoisotopic (exact) mass is 325 g/mol. The fourth-order valence-electron chi connectivity index (χ4n) is 2.72. The van der Waals surface area contributed by atoms with Crippen LogP contribution in [0.1, 0.15) is 27.9 Å². The van der Waals surface area contributed by atoms with E-state index in [-0.39, 0.29) is 5.96 Å². The number of para-hydroxylation sites is 1. The summed E-state index contributed by atoms with van der Waals surface area (Å²) in [5, 5.41) is 10.0. The first-order valence-electron chi connectivity index (χ1n) is 7.73. The van der Waals surface area contributed by atoms with E-state index in [4.69, 9.17) is 20.6 Å². The van der Waals surface area contributed by atoms with E-state index in [2.05, 4.69) is 5.32 Å². The first-order chi connectivity index (χ1) is 11.5. The lowest BCUT2D eigenvalue weighted by Gasteiger charge is -2.18. The SMILES string of the molecule is Cc1cccc2c1OCCCc1cc(NC(=N)N)ccc1C(=O)O2. The van der Waals surface area contributed by atoms with Crippen molar-refractivity contribution in [3.8, 4) is 11.5 Å². The summed E-state index contributed by atoms with van der Waals surface area (Å²) in [4.78, 5) is 12.6. The van der Waals surface area contributed by atoms with E-state index in [1.54, 1.807) is 18.2 Å². The summed E-state index contributed by atoms with van der Waals surface area (Å²) in [6.07, 6.45) is 1.43. The Morgan fingerprint density at radius 1 is 1.29 bits per heavy atom. The number of hydrogen-bond acceptors (Lipinski definition) is 4. The highest BCUT2D eigenvalue weighted by Gasteiger charge is 2.19. The Kier molecular flexibility index (Phi) is 4.37. The molecule has 0 bridgehead atoms. The van der Waals surface area contributed by atoms with Gasteiger partial charge in [-0.3, -0.25) is 5.41 Å². The van der Waals surface area contributed by atoms with Gasteiger partial charge in [0.25, 0.3) is 0 Å². The number of carbonyl (C=O) groups excluding carboxylic acids is 1. The number of carbonyl (C=O) groups is 1. The van der Waals surface area contributed by atoms with E-state index in [0.717, 1.165) is 17.5 Å². The van der Waals surface area contributed by atoms with E-state index in [1.807, 2.05) is 25.1 Å². The second kappa shape index (κ2) is 6.62. The first kappa shape index (κ1) is 15.9. The minimum atomic E-state index is -0.420. The Bertz CT molecular complexity index is 802. The van der Waals surface area contributed by atoms with Crippen LogP contribution in [0.25, 0.3) is 0 Å². The molecule has 0 saturated heterocycles. The average Bonchev–Trinajstić information content (AvgIpc) is 2.53. The van der Waals surface area contributed by atoms with Crippen LogP contribution in [-0.4, -0.2) is 18.5 Å². The van der Waals surface area contributed by atoms with Gasteiger partial charge >= 0.3 is 5.97 Å². The molecule has 0 unspecified atom stereocenters. The summed E-state index contributed by atoms with van der Waals surface area (Å²) in [6, 6.07) is 10.7. The van der Waals surface area contributed by atoms with Crippen molar-refractivity contribution in [3.05, 3.63) is 53.1 Å². The maximum Gasteiger partial charge on any atom is 0.343 e. The van der Waals surface area contributed by atoms with Crippen LogP contribution in [0.15, 0.2) is 36.4 Å². The Morgan fingerprint density at radius 3 is 2.92 bits per heavy atom. The molecule has 0 aromatic heterocycles. The van der Waals surface area contributed by atoms with Crippen LogP contribution in [0.4, 0.5) is 5.69 Å². The zero-order valence-corrected chi connectivity index (χ0v) is 13.4. The number of nitrogens with two attached hydrogens (primary N) is 1. The Hall–Kier alpha value is -3.02. The molecule has 0 atom stereocenters. The zero-order chi connectivity index (χ0) is 17.1. The maximum absolute atomic E-state index is 12.6. The number of fused-ring (bicyclic) bond motifs is 2. The number of rotatable bonds is 1. The molecule has 24 heavy (non-hydrogen) atoms. The topological polar surface area (TPSA) is 97.4 Å². The zero-order valence-electron chi connectivity index (χ0n) is 13.4. The van der Waals surface area contributed by atoms with Crippen LogP contribution >= 0.6 is 0 Å². The molecule has 124 valence electrons. The van der Waals surface area contributed by atoms with E-state index in [9.17, 15) is 4.79 Å². The van der Waals surface area contributed by atoms with Gasteiger partial charge in [-0.05, 0) is 55.2 Å². The van der Waals surface area contributed by atoms with Crippen LogP contribution in [0.5, 0.6) is 11.5 Å². The number of nitrogens with one attached hydrogen (secondary N) is 2. The van der Waals surface area contributed by atoms with E-state index in [0.29, 0.717) is 35.8 Å². The van der Waals surface area contributed by atoms with Crippen molar-refractivity contribution in [2.24, 2.45) is 5.73 Å². The number of esters is 1. The number of guanidine groups is 1. The van der Waals surface area contributed by atoms with Crippen molar-refractivity contribution in [1.82, 2.24) is 0 Å². The molecule has 0 fully saturated rings. The average molecular weight is 325 g/mol. The van der Waals surface area contributed by atoms with Gasteiger partial charge in [0.05, 0.1) is 12.2 Å². The molecule has 0 spiro atoms.